The Morgan fingerprint density at radius 2 is 1.37 bits per heavy atom. The summed E-state index contributed by atoms with van der Waals surface area (Å²) in [5.74, 6) is -0.562. The van der Waals surface area contributed by atoms with Crippen LogP contribution in [0.25, 0.3) is 0 Å². The van der Waals surface area contributed by atoms with Crippen LogP contribution < -0.4 is 14.3 Å². The normalized spacial score (nSPS) is 12.1. The first-order valence-electron chi connectivity index (χ1n) is 10.8. The molecule has 0 spiro atoms. The SMILES string of the molecule is CC(C)(C)c1ccc(N(CC(=O)Nc2ccc(S(=O)(=O)Nc3ccccc3)cc2)S(C)(=O)=O)cc1. The lowest BCUT2D eigenvalue weighted by molar-refractivity contribution is -0.114. The zero-order valence-electron chi connectivity index (χ0n) is 20.0. The van der Waals surface area contributed by atoms with E-state index in [0.717, 1.165) is 16.1 Å². The summed E-state index contributed by atoms with van der Waals surface area (Å²) in [6.45, 7) is 5.73. The van der Waals surface area contributed by atoms with Gasteiger partial charge in [-0.25, -0.2) is 16.8 Å². The van der Waals surface area contributed by atoms with Gasteiger partial charge in [-0.15, -0.1) is 0 Å². The Labute approximate surface area is 207 Å². The van der Waals surface area contributed by atoms with Crippen molar-refractivity contribution in [3.8, 4) is 0 Å². The number of rotatable bonds is 8. The Balaban J connectivity index is 1.71. The molecule has 0 bridgehead atoms. The van der Waals surface area contributed by atoms with Crippen LogP contribution in [0.5, 0.6) is 0 Å². The van der Waals surface area contributed by atoms with Gasteiger partial charge in [-0.3, -0.25) is 13.8 Å². The highest BCUT2D eigenvalue weighted by Gasteiger charge is 2.22. The minimum Gasteiger partial charge on any atom is -0.325 e. The summed E-state index contributed by atoms with van der Waals surface area (Å²) in [6.07, 6.45) is 1.04. The third-order valence-corrected chi connectivity index (χ3v) is 7.72. The van der Waals surface area contributed by atoms with E-state index >= 15 is 0 Å². The zero-order chi connectivity index (χ0) is 25.9. The number of carbonyl (C=O) groups excluding carboxylic acids is 1. The second kappa shape index (κ2) is 10.1. The highest BCUT2D eigenvalue weighted by atomic mass is 32.2. The van der Waals surface area contributed by atoms with E-state index in [1.165, 1.54) is 24.3 Å². The van der Waals surface area contributed by atoms with Crippen molar-refractivity contribution in [3.63, 3.8) is 0 Å². The number of anilines is 3. The Hall–Kier alpha value is -3.37. The minimum absolute atomic E-state index is 0.0241. The summed E-state index contributed by atoms with van der Waals surface area (Å²) < 4.78 is 53.4. The van der Waals surface area contributed by atoms with Crippen LogP contribution in [0.4, 0.5) is 17.1 Å². The van der Waals surface area contributed by atoms with E-state index in [9.17, 15) is 21.6 Å². The van der Waals surface area contributed by atoms with E-state index < -0.39 is 32.5 Å². The van der Waals surface area contributed by atoms with Crippen LogP contribution in [0.2, 0.25) is 0 Å². The highest BCUT2D eigenvalue weighted by Crippen LogP contribution is 2.26. The molecule has 35 heavy (non-hydrogen) atoms. The number of benzene rings is 3. The Morgan fingerprint density at radius 3 is 1.89 bits per heavy atom. The summed E-state index contributed by atoms with van der Waals surface area (Å²) >= 11 is 0. The van der Waals surface area contributed by atoms with Crippen LogP contribution in [0.1, 0.15) is 26.3 Å². The van der Waals surface area contributed by atoms with Gasteiger partial charge in [0, 0.05) is 11.4 Å². The molecule has 2 N–H and O–H groups in total. The predicted molar refractivity (Wildman–Crippen MR) is 140 cm³/mol. The van der Waals surface area contributed by atoms with Crippen molar-refractivity contribution in [3.05, 3.63) is 84.4 Å². The number of para-hydroxylation sites is 1. The van der Waals surface area contributed by atoms with Gasteiger partial charge in [-0.05, 0) is 59.5 Å². The molecule has 0 heterocycles. The Kier molecular flexibility index (Phi) is 7.56. The first-order valence-corrected chi connectivity index (χ1v) is 14.1. The van der Waals surface area contributed by atoms with Crippen molar-refractivity contribution in [1.82, 2.24) is 0 Å². The Bertz CT molecular complexity index is 1380. The molecule has 1 amide bonds. The molecule has 3 aromatic rings. The van der Waals surface area contributed by atoms with E-state index in [4.69, 9.17) is 0 Å². The molecule has 0 atom stereocenters. The number of hydrogen-bond acceptors (Lipinski definition) is 5. The molecule has 0 saturated carbocycles. The highest BCUT2D eigenvalue weighted by molar-refractivity contribution is 7.92. The van der Waals surface area contributed by atoms with Gasteiger partial charge < -0.3 is 5.32 Å². The van der Waals surface area contributed by atoms with E-state index in [-0.39, 0.29) is 10.3 Å². The quantitative estimate of drug-likeness (QED) is 0.467. The first-order chi connectivity index (χ1) is 16.3. The fourth-order valence-electron chi connectivity index (χ4n) is 3.30. The smallest absolute Gasteiger partial charge is 0.261 e. The summed E-state index contributed by atoms with van der Waals surface area (Å²) in [5, 5.41) is 2.62. The van der Waals surface area contributed by atoms with Crippen LogP contribution in [0.3, 0.4) is 0 Å². The number of hydrogen-bond donors (Lipinski definition) is 2. The Morgan fingerprint density at radius 1 is 0.800 bits per heavy atom. The number of amides is 1. The molecule has 0 unspecified atom stereocenters. The molecular formula is C25H29N3O5S2. The number of nitrogens with zero attached hydrogens (tertiary/aromatic N) is 1. The van der Waals surface area contributed by atoms with E-state index in [1.807, 2.05) is 12.1 Å². The lowest BCUT2D eigenvalue weighted by Crippen LogP contribution is -2.37. The fourth-order valence-corrected chi connectivity index (χ4v) is 5.21. The van der Waals surface area contributed by atoms with Gasteiger partial charge in [0.05, 0.1) is 16.8 Å². The third kappa shape index (κ3) is 7.06. The number of carbonyl (C=O) groups is 1. The maximum Gasteiger partial charge on any atom is 0.261 e. The summed E-state index contributed by atoms with van der Waals surface area (Å²) in [4.78, 5) is 12.7. The predicted octanol–water partition coefficient (Wildman–Crippen LogP) is 4.19. The topological polar surface area (TPSA) is 113 Å². The van der Waals surface area contributed by atoms with E-state index in [1.54, 1.807) is 42.5 Å². The van der Waals surface area contributed by atoms with Gasteiger partial charge in [0.1, 0.15) is 6.54 Å². The second-order valence-corrected chi connectivity index (χ2v) is 12.7. The van der Waals surface area contributed by atoms with Crippen molar-refractivity contribution in [2.75, 3.05) is 27.1 Å². The summed E-state index contributed by atoms with van der Waals surface area (Å²) in [6, 6.07) is 21.1. The molecule has 0 radical (unpaired) electrons. The lowest BCUT2D eigenvalue weighted by atomic mass is 9.87. The molecule has 0 saturated heterocycles. The average Bonchev–Trinajstić information content (AvgIpc) is 2.77. The van der Waals surface area contributed by atoms with Crippen molar-refractivity contribution in [1.29, 1.82) is 0 Å². The van der Waals surface area contributed by atoms with Crippen molar-refractivity contribution >= 4 is 43.0 Å². The number of sulfonamides is 2. The van der Waals surface area contributed by atoms with Crippen LogP contribution in [0.15, 0.2) is 83.8 Å². The monoisotopic (exact) mass is 515 g/mol. The molecule has 0 aliphatic carbocycles. The van der Waals surface area contributed by atoms with Crippen LogP contribution in [-0.4, -0.2) is 35.5 Å². The average molecular weight is 516 g/mol. The summed E-state index contributed by atoms with van der Waals surface area (Å²) in [7, 11) is -7.52. The maximum absolute atomic E-state index is 12.6. The van der Waals surface area contributed by atoms with Crippen molar-refractivity contribution in [2.45, 2.75) is 31.1 Å². The summed E-state index contributed by atoms with van der Waals surface area (Å²) in [5.41, 5.74) is 2.09. The molecule has 0 aliphatic heterocycles. The van der Waals surface area contributed by atoms with Gasteiger partial charge >= 0.3 is 0 Å². The zero-order valence-corrected chi connectivity index (χ0v) is 21.7. The molecule has 3 rings (SSSR count). The molecule has 8 nitrogen and oxygen atoms in total. The van der Waals surface area contributed by atoms with Crippen LogP contribution >= 0.6 is 0 Å². The largest absolute Gasteiger partial charge is 0.325 e. The molecule has 10 heteroatoms. The molecule has 0 aliphatic rings. The van der Waals surface area contributed by atoms with Gasteiger partial charge in [0.2, 0.25) is 15.9 Å². The van der Waals surface area contributed by atoms with Crippen molar-refractivity contribution in [2.24, 2.45) is 0 Å². The molecule has 186 valence electrons. The molecule has 0 aromatic heterocycles. The lowest BCUT2D eigenvalue weighted by Gasteiger charge is -2.24. The van der Waals surface area contributed by atoms with E-state index in [0.29, 0.717) is 17.1 Å². The molecule has 3 aromatic carbocycles. The van der Waals surface area contributed by atoms with E-state index in [2.05, 4.69) is 30.8 Å². The van der Waals surface area contributed by atoms with Gasteiger partial charge in [0.25, 0.3) is 10.0 Å². The van der Waals surface area contributed by atoms with Gasteiger partial charge in [0.15, 0.2) is 0 Å². The maximum atomic E-state index is 12.6. The minimum atomic E-state index is -3.80. The first kappa shape index (κ1) is 26.2. The van der Waals surface area contributed by atoms with Crippen LogP contribution in [-0.2, 0) is 30.3 Å². The van der Waals surface area contributed by atoms with Gasteiger partial charge in [-0.1, -0.05) is 51.1 Å². The number of nitrogens with one attached hydrogen (secondary N) is 2. The second-order valence-electron chi connectivity index (χ2n) is 9.11. The molecule has 0 fully saturated rings. The standard InChI is InChI=1S/C25H29N3O5S2/c1-25(2,3)19-10-14-22(15-11-19)28(34(4,30)31)18-24(29)26-20-12-16-23(17-13-20)35(32,33)27-21-8-6-5-7-9-21/h5-17,27H,18H2,1-4H3,(H,26,29). The fraction of sp³-hybridized carbons (Fsp3) is 0.240. The van der Waals surface area contributed by atoms with Crippen molar-refractivity contribution < 1.29 is 21.6 Å². The van der Waals surface area contributed by atoms with Crippen LogP contribution in [0, 0.1) is 0 Å². The van der Waals surface area contributed by atoms with Gasteiger partial charge in [-0.2, -0.15) is 0 Å². The third-order valence-electron chi connectivity index (χ3n) is 5.18. The molecular weight excluding hydrogens is 486 g/mol.